The van der Waals surface area contributed by atoms with E-state index in [0.717, 1.165) is 12.8 Å². The van der Waals surface area contributed by atoms with E-state index in [0.29, 0.717) is 5.05 Å². The van der Waals surface area contributed by atoms with E-state index in [1.54, 1.807) is 0 Å². The van der Waals surface area contributed by atoms with Crippen molar-refractivity contribution in [1.29, 1.82) is 0 Å². The van der Waals surface area contributed by atoms with E-state index in [4.69, 9.17) is 21.7 Å². The lowest BCUT2D eigenvalue weighted by Crippen LogP contribution is -2.29. The highest BCUT2D eigenvalue weighted by Crippen LogP contribution is 2.47. The van der Waals surface area contributed by atoms with Gasteiger partial charge in [0.2, 0.25) is 0 Å². The Bertz CT molecular complexity index is 247. The number of ether oxygens (including phenoxy) is 2. The first kappa shape index (κ1) is 6.83. The van der Waals surface area contributed by atoms with Crippen LogP contribution in [-0.2, 0) is 14.3 Å². The Morgan fingerprint density at radius 2 is 1.83 bits per heavy atom. The van der Waals surface area contributed by atoms with E-state index in [9.17, 15) is 4.79 Å². The van der Waals surface area contributed by atoms with Gasteiger partial charge in [0.15, 0.2) is 5.05 Å². The maximum absolute atomic E-state index is 11.3. The minimum absolute atomic E-state index is 0.0220. The van der Waals surface area contributed by atoms with Gasteiger partial charge in [0.05, 0.1) is 5.92 Å². The molecule has 2 heterocycles. The molecular weight excluding hydrogens is 176 g/mol. The van der Waals surface area contributed by atoms with Crippen molar-refractivity contribution in [1.82, 2.24) is 0 Å². The minimum Gasteiger partial charge on any atom is -0.482 e. The summed E-state index contributed by atoms with van der Waals surface area (Å²) in [6.45, 7) is 0. The number of esters is 1. The molecule has 3 rings (SSSR count). The largest absolute Gasteiger partial charge is 0.482 e. The van der Waals surface area contributed by atoms with E-state index < -0.39 is 0 Å². The molecule has 0 amide bonds. The zero-order valence-electron chi connectivity index (χ0n) is 6.36. The monoisotopic (exact) mass is 184 g/mol. The first-order valence-corrected chi connectivity index (χ1v) is 4.59. The summed E-state index contributed by atoms with van der Waals surface area (Å²) in [5.74, 6) is -0.0881. The summed E-state index contributed by atoms with van der Waals surface area (Å²) >= 11 is 5.05. The molecule has 4 unspecified atom stereocenters. The highest BCUT2D eigenvalue weighted by molar-refractivity contribution is 7.80. The number of carbonyl (C=O) groups excluding carboxylic acids is 1. The number of rotatable bonds is 0. The lowest BCUT2D eigenvalue weighted by molar-refractivity contribution is -0.144. The van der Waals surface area contributed by atoms with Gasteiger partial charge in [-0.25, -0.2) is 0 Å². The van der Waals surface area contributed by atoms with Gasteiger partial charge in [-0.3, -0.25) is 4.79 Å². The Morgan fingerprint density at radius 3 is 2.50 bits per heavy atom. The van der Waals surface area contributed by atoms with Crippen LogP contribution in [0.3, 0.4) is 0 Å². The Hall–Kier alpha value is -0.640. The lowest BCUT2D eigenvalue weighted by atomic mass is 9.81. The highest BCUT2D eigenvalue weighted by atomic mass is 32.1. The first-order chi connectivity index (χ1) is 5.77. The van der Waals surface area contributed by atoms with Crippen molar-refractivity contribution in [3.63, 3.8) is 0 Å². The van der Waals surface area contributed by atoms with E-state index in [1.165, 1.54) is 0 Å². The molecule has 1 aliphatic carbocycles. The summed E-state index contributed by atoms with van der Waals surface area (Å²) in [5.41, 5.74) is 0. The average molecular weight is 184 g/mol. The molecule has 4 heteroatoms. The van der Waals surface area contributed by atoms with Gasteiger partial charge in [-0.1, -0.05) is 0 Å². The van der Waals surface area contributed by atoms with Crippen molar-refractivity contribution in [2.45, 2.75) is 25.0 Å². The predicted octanol–water partition coefficient (Wildman–Crippen LogP) is 0.664. The quantitative estimate of drug-likeness (QED) is 0.409. The fraction of sp³-hybridized carbons (Fsp3) is 0.750. The second-order valence-electron chi connectivity index (χ2n) is 3.58. The van der Waals surface area contributed by atoms with E-state index in [2.05, 4.69) is 0 Å². The minimum atomic E-state index is -0.104. The molecule has 0 aromatic heterocycles. The predicted molar refractivity (Wildman–Crippen MR) is 43.6 cm³/mol. The van der Waals surface area contributed by atoms with Crippen LogP contribution in [0.5, 0.6) is 0 Å². The number of hydrogen-bond donors (Lipinski definition) is 0. The third-order valence-corrected chi connectivity index (χ3v) is 3.37. The van der Waals surface area contributed by atoms with Crippen LogP contribution < -0.4 is 0 Å². The number of hydrogen-bond acceptors (Lipinski definition) is 4. The van der Waals surface area contributed by atoms with Crippen LogP contribution in [0, 0.1) is 11.8 Å². The zero-order valence-corrected chi connectivity index (χ0v) is 7.17. The van der Waals surface area contributed by atoms with Crippen LogP contribution in [0.2, 0.25) is 0 Å². The van der Waals surface area contributed by atoms with E-state index >= 15 is 0 Å². The summed E-state index contributed by atoms with van der Waals surface area (Å²) in [5, 5.41) is 0.596. The second-order valence-corrected chi connectivity index (χ2v) is 3.98. The van der Waals surface area contributed by atoms with Crippen molar-refractivity contribution in [3.8, 4) is 0 Å². The fourth-order valence-electron chi connectivity index (χ4n) is 2.47. The molecule has 3 nitrogen and oxygen atoms in total. The Morgan fingerprint density at radius 1 is 1.17 bits per heavy atom. The van der Waals surface area contributed by atoms with Gasteiger partial charge in [-0.15, -0.1) is 0 Å². The molecule has 4 atom stereocenters. The molecule has 12 heavy (non-hydrogen) atoms. The summed E-state index contributed by atoms with van der Waals surface area (Å²) in [6.07, 6.45) is 1.87. The van der Waals surface area contributed by atoms with Gasteiger partial charge in [0.1, 0.15) is 18.1 Å². The SMILES string of the molecule is O=C1OC2CCC3OC(=S)C2C13. The number of carbonyl (C=O) groups is 1. The fourth-order valence-corrected chi connectivity index (χ4v) is 2.89. The second kappa shape index (κ2) is 1.99. The Kier molecular flexibility index (Phi) is 1.13. The van der Waals surface area contributed by atoms with Gasteiger partial charge in [0, 0.05) is 0 Å². The van der Waals surface area contributed by atoms with Crippen molar-refractivity contribution in [2.75, 3.05) is 0 Å². The van der Waals surface area contributed by atoms with E-state index in [1.807, 2.05) is 0 Å². The van der Waals surface area contributed by atoms with Gasteiger partial charge in [-0.05, 0) is 25.1 Å². The molecule has 0 aromatic carbocycles. The van der Waals surface area contributed by atoms with Crippen LogP contribution in [0.15, 0.2) is 0 Å². The maximum Gasteiger partial charge on any atom is 0.313 e. The van der Waals surface area contributed by atoms with Crippen molar-refractivity contribution in [2.24, 2.45) is 11.8 Å². The average Bonchev–Trinajstić information content (AvgIpc) is 2.42. The smallest absolute Gasteiger partial charge is 0.313 e. The lowest BCUT2D eigenvalue weighted by Gasteiger charge is -2.17. The molecule has 64 valence electrons. The standard InChI is InChI=1S/C8H8O3S/c9-7-5-3-1-2-4(10-7)6(5)8(12)11-3/h3-6H,1-2H2. The zero-order chi connectivity index (χ0) is 8.29. The Labute approximate surface area is 75.0 Å². The van der Waals surface area contributed by atoms with Crippen LogP contribution >= 0.6 is 12.2 Å². The van der Waals surface area contributed by atoms with Crippen molar-refractivity contribution < 1.29 is 14.3 Å². The summed E-state index contributed by atoms with van der Waals surface area (Å²) in [7, 11) is 0. The first-order valence-electron chi connectivity index (χ1n) is 4.18. The molecule has 0 aromatic rings. The normalized spacial score (nSPS) is 49.0. The molecule has 3 fully saturated rings. The molecule has 2 saturated heterocycles. The third kappa shape index (κ3) is 0.625. The van der Waals surface area contributed by atoms with Crippen LogP contribution in [0.4, 0.5) is 0 Å². The molecule has 0 spiro atoms. The maximum atomic E-state index is 11.3. The molecular formula is C8H8O3S. The Balaban J connectivity index is 2.08. The summed E-state index contributed by atoms with van der Waals surface area (Å²) in [4.78, 5) is 11.3. The summed E-state index contributed by atoms with van der Waals surface area (Å²) in [6, 6.07) is 0. The molecule has 2 aliphatic heterocycles. The van der Waals surface area contributed by atoms with Crippen LogP contribution in [0.25, 0.3) is 0 Å². The van der Waals surface area contributed by atoms with Gasteiger partial charge < -0.3 is 9.47 Å². The molecule has 0 radical (unpaired) electrons. The number of thiocarbonyl (C=S) groups is 1. The topological polar surface area (TPSA) is 35.5 Å². The molecule has 3 aliphatic rings. The van der Waals surface area contributed by atoms with Crippen molar-refractivity contribution in [3.05, 3.63) is 0 Å². The van der Waals surface area contributed by atoms with Crippen LogP contribution in [-0.4, -0.2) is 23.2 Å². The summed E-state index contributed by atoms with van der Waals surface area (Å²) < 4.78 is 10.6. The van der Waals surface area contributed by atoms with E-state index in [-0.39, 0.29) is 30.0 Å². The van der Waals surface area contributed by atoms with Gasteiger partial charge in [-0.2, -0.15) is 0 Å². The third-order valence-electron chi connectivity index (χ3n) is 3.00. The van der Waals surface area contributed by atoms with Gasteiger partial charge >= 0.3 is 5.97 Å². The molecule has 4 bridgehead atoms. The molecule has 0 N–H and O–H groups in total. The highest BCUT2D eigenvalue weighted by Gasteiger charge is 2.59. The van der Waals surface area contributed by atoms with Gasteiger partial charge in [0.25, 0.3) is 0 Å². The molecule has 1 saturated carbocycles. The van der Waals surface area contributed by atoms with Crippen LogP contribution in [0.1, 0.15) is 12.8 Å². The van der Waals surface area contributed by atoms with Crippen molar-refractivity contribution >= 4 is 23.2 Å².